The molecular formula is C14H19NO4S. The van der Waals surface area contributed by atoms with Gasteiger partial charge in [0.25, 0.3) is 5.91 Å². The molecule has 1 atom stereocenters. The van der Waals surface area contributed by atoms with E-state index < -0.39 is 9.84 Å². The normalized spacial score (nSPS) is 20.6. The van der Waals surface area contributed by atoms with E-state index in [-0.39, 0.29) is 30.1 Å². The lowest BCUT2D eigenvalue weighted by Gasteiger charge is -2.12. The highest BCUT2D eigenvalue weighted by molar-refractivity contribution is 7.91. The monoisotopic (exact) mass is 297 g/mol. The number of aryl methyl sites for hydroxylation is 2. The van der Waals surface area contributed by atoms with Gasteiger partial charge in [0.05, 0.1) is 11.5 Å². The first-order chi connectivity index (χ1) is 9.34. The van der Waals surface area contributed by atoms with Gasteiger partial charge in [-0.25, -0.2) is 8.42 Å². The van der Waals surface area contributed by atoms with Crippen LogP contribution in [0.25, 0.3) is 0 Å². The summed E-state index contributed by atoms with van der Waals surface area (Å²) in [5.41, 5.74) is 2.14. The highest BCUT2D eigenvalue weighted by atomic mass is 32.2. The fourth-order valence-corrected chi connectivity index (χ4v) is 4.02. The molecule has 0 unspecified atom stereocenters. The van der Waals surface area contributed by atoms with Crippen molar-refractivity contribution in [2.24, 2.45) is 0 Å². The molecule has 0 saturated carbocycles. The zero-order valence-corrected chi connectivity index (χ0v) is 12.5. The Hall–Kier alpha value is -1.56. The number of amides is 1. The summed E-state index contributed by atoms with van der Waals surface area (Å²) in [6.45, 7) is 3.83. The highest BCUT2D eigenvalue weighted by Gasteiger charge is 2.28. The number of sulfone groups is 1. The number of benzene rings is 1. The lowest BCUT2D eigenvalue weighted by Crippen LogP contribution is -2.38. The molecule has 0 spiro atoms. The average Bonchev–Trinajstić information content (AvgIpc) is 2.65. The van der Waals surface area contributed by atoms with E-state index in [1.807, 2.05) is 32.0 Å². The van der Waals surface area contributed by atoms with E-state index >= 15 is 0 Å². The van der Waals surface area contributed by atoms with Crippen LogP contribution < -0.4 is 10.1 Å². The zero-order chi connectivity index (χ0) is 14.8. The van der Waals surface area contributed by atoms with Gasteiger partial charge in [0.2, 0.25) is 0 Å². The Kier molecular flexibility index (Phi) is 4.32. The maximum Gasteiger partial charge on any atom is 0.258 e. The number of hydrogen-bond acceptors (Lipinski definition) is 4. The van der Waals surface area contributed by atoms with Crippen molar-refractivity contribution in [1.82, 2.24) is 5.32 Å². The maximum atomic E-state index is 11.7. The van der Waals surface area contributed by atoms with E-state index in [1.54, 1.807) is 0 Å². The Balaban J connectivity index is 1.83. The average molecular weight is 297 g/mol. The van der Waals surface area contributed by atoms with Crippen molar-refractivity contribution < 1.29 is 17.9 Å². The maximum absolute atomic E-state index is 11.7. The van der Waals surface area contributed by atoms with Crippen LogP contribution in [-0.4, -0.2) is 38.5 Å². The quantitative estimate of drug-likeness (QED) is 0.899. The second kappa shape index (κ2) is 5.83. The lowest BCUT2D eigenvalue weighted by molar-refractivity contribution is -0.123. The molecule has 2 rings (SSSR count). The van der Waals surface area contributed by atoms with Crippen LogP contribution in [0.4, 0.5) is 0 Å². The summed E-state index contributed by atoms with van der Waals surface area (Å²) in [6, 6.07) is 5.46. The van der Waals surface area contributed by atoms with Crippen LogP contribution in [0, 0.1) is 13.8 Å². The van der Waals surface area contributed by atoms with Crippen LogP contribution in [0.1, 0.15) is 17.5 Å². The molecule has 1 aromatic carbocycles. The van der Waals surface area contributed by atoms with Crippen molar-refractivity contribution in [3.05, 3.63) is 29.3 Å². The van der Waals surface area contributed by atoms with Gasteiger partial charge in [-0.2, -0.15) is 0 Å². The molecule has 1 aliphatic rings. The second-order valence-electron chi connectivity index (χ2n) is 5.28. The number of carbonyl (C=O) groups is 1. The molecule has 1 fully saturated rings. The number of nitrogens with one attached hydrogen (secondary N) is 1. The Morgan fingerprint density at radius 3 is 2.50 bits per heavy atom. The molecule has 1 heterocycles. The van der Waals surface area contributed by atoms with Gasteiger partial charge >= 0.3 is 0 Å². The molecule has 1 saturated heterocycles. The van der Waals surface area contributed by atoms with E-state index in [9.17, 15) is 13.2 Å². The van der Waals surface area contributed by atoms with E-state index in [0.29, 0.717) is 12.2 Å². The minimum Gasteiger partial charge on any atom is -0.484 e. The first-order valence-electron chi connectivity index (χ1n) is 6.55. The number of rotatable bonds is 4. The van der Waals surface area contributed by atoms with E-state index in [2.05, 4.69) is 5.32 Å². The molecule has 0 bridgehead atoms. The lowest BCUT2D eigenvalue weighted by atomic mass is 10.1. The van der Waals surface area contributed by atoms with Gasteiger partial charge in [0.1, 0.15) is 5.75 Å². The largest absolute Gasteiger partial charge is 0.484 e. The van der Waals surface area contributed by atoms with Gasteiger partial charge in [0.15, 0.2) is 16.4 Å². The van der Waals surface area contributed by atoms with Crippen molar-refractivity contribution in [3.8, 4) is 5.75 Å². The SMILES string of the molecule is Cc1cc(C)cc(OCC(=O)N[C@H]2CCS(=O)(=O)C2)c1. The minimum atomic E-state index is -2.97. The predicted octanol–water partition coefficient (Wildman–Crippen LogP) is 0.986. The molecule has 1 aliphatic heterocycles. The second-order valence-corrected chi connectivity index (χ2v) is 7.51. The Morgan fingerprint density at radius 1 is 1.30 bits per heavy atom. The topological polar surface area (TPSA) is 72.5 Å². The van der Waals surface area contributed by atoms with Crippen LogP contribution in [-0.2, 0) is 14.6 Å². The molecule has 0 aliphatic carbocycles. The van der Waals surface area contributed by atoms with Crippen LogP contribution in [0.3, 0.4) is 0 Å². The molecule has 1 aromatic rings. The number of ether oxygens (including phenoxy) is 1. The van der Waals surface area contributed by atoms with Gasteiger partial charge in [-0.3, -0.25) is 4.79 Å². The van der Waals surface area contributed by atoms with Gasteiger partial charge in [-0.05, 0) is 43.5 Å². The molecule has 0 aromatic heterocycles. The van der Waals surface area contributed by atoms with Crippen molar-refractivity contribution in [1.29, 1.82) is 0 Å². The Labute approximate surface area is 119 Å². The highest BCUT2D eigenvalue weighted by Crippen LogP contribution is 2.16. The summed E-state index contributed by atoms with van der Waals surface area (Å²) in [5, 5.41) is 2.69. The van der Waals surface area contributed by atoms with Crippen molar-refractivity contribution >= 4 is 15.7 Å². The van der Waals surface area contributed by atoms with Gasteiger partial charge in [0, 0.05) is 6.04 Å². The van der Waals surface area contributed by atoms with Crippen LogP contribution >= 0.6 is 0 Å². The number of carbonyl (C=O) groups excluding carboxylic acids is 1. The molecule has 1 N–H and O–H groups in total. The molecular weight excluding hydrogens is 278 g/mol. The van der Waals surface area contributed by atoms with Gasteiger partial charge in [-0.15, -0.1) is 0 Å². The van der Waals surface area contributed by atoms with E-state index in [4.69, 9.17) is 4.74 Å². The predicted molar refractivity (Wildman–Crippen MR) is 76.6 cm³/mol. The van der Waals surface area contributed by atoms with E-state index in [0.717, 1.165) is 11.1 Å². The summed E-state index contributed by atoms with van der Waals surface area (Å²) >= 11 is 0. The summed E-state index contributed by atoms with van der Waals surface area (Å²) < 4.78 is 28.0. The molecule has 0 radical (unpaired) electrons. The smallest absolute Gasteiger partial charge is 0.258 e. The Bertz CT molecular complexity index is 589. The zero-order valence-electron chi connectivity index (χ0n) is 11.7. The van der Waals surface area contributed by atoms with Crippen LogP contribution in [0.5, 0.6) is 5.75 Å². The van der Waals surface area contributed by atoms with Crippen LogP contribution in [0.15, 0.2) is 18.2 Å². The van der Waals surface area contributed by atoms with Crippen molar-refractivity contribution in [2.45, 2.75) is 26.3 Å². The van der Waals surface area contributed by atoms with E-state index in [1.165, 1.54) is 0 Å². The summed E-state index contributed by atoms with van der Waals surface area (Å²) in [4.78, 5) is 11.7. The standard InChI is InChI=1S/C14H19NO4S/c1-10-5-11(2)7-13(6-10)19-8-14(16)15-12-3-4-20(17,18)9-12/h5-7,12H,3-4,8-9H2,1-2H3,(H,15,16)/t12-/m0/s1. The third-order valence-corrected chi connectivity index (χ3v) is 4.93. The van der Waals surface area contributed by atoms with Crippen molar-refractivity contribution in [3.63, 3.8) is 0 Å². The molecule has 1 amide bonds. The molecule has 110 valence electrons. The van der Waals surface area contributed by atoms with Gasteiger partial charge < -0.3 is 10.1 Å². The van der Waals surface area contributed by atoms with Crippen molar-refractivity contribution in [2.75, 3.05) is 18.1 Å². The molecule has 6 heteroatoms. The third-order valence-electron chi connectivity index (χ3n) is 3.16. The van der Waals surface area contributed by atoms with Crippen LogP contribution in [0.2, 0.25) is 0 Å². The Morgan fingerprint density at radius 2 is 1.95 bits per heavy atom. The first kappa shape index (κ1) is 14.8. The summed E-state index contributed by atoms with van der Waals surface area (Å²) in [6.07, 6.45) is 0.484. The summed E-state index contributed by atoms with van der Waals surface area (Å²) in [7, 11) is -2.97. The molecule has 20 heavy (non-hydrogen) atoms. The minimum absolute atomic E-state index is 0.0301. The fourth-order valence-electron chi connectivity index (χ4n) is 2.34. The third kappa shape index (κ3) is 4.23. The molecule has 5 nitrogen and oxygen atoms in total. The number of hydrogen-bond donors (Lipinski definition) is 1. The summed E-state index contributed by atoms with van der Waals surface area (Å²) in [5.74, 6) is 0.543. The first-order valence-corrected chi connectivity index (χ1v) is 8.37. The van der Waals surface area contributed by atoms with Gasteiger partial charge in [-0.1, -0.05) is 6.07 Å². The fraction of sp³-hybridized carbons (Fsp3) is 0.500.